The van der Waals surface area contributed by atoms with Crippen LogP contribution >= 0.6 is 0 Å². The van der Waals surface area contributed by atoms with Crippen molar-refractivity contribution in [1.29, 1.82) is 0 Å². The standard InChI is InChI=1S/C17H17N3O2/c1-11-8-9-15(21)16-12(11)5-4-7-13(16)19-20-17(22)14-6-2-3-10-18-14/h2-3,6,8-10,21H,4-5,7H2,1H3,(H,20,22)/b19-13+. The van der Waals surface area contributed by atoms with E-state index in [1.54, 1.807) is 30.5 Å². The van der Waals surface area contributed by atoms with E-state index in [0.29, 0.717) is 11.4 Å². The van der Waals surface area contributed by atoms with Crippen LogP contribution in [-0.4, -0.2) is 21.7 Å². The van der Waals surface area contributed by atoms with Crippen molar-refractivity contribution < 1.29 is 9.90 Å². The van der Waals surface area contributed by atoms with Crippen LogP contribution in [0.15, 0.2) is 41.6 Å². The molecule has 0 aliphatic heterocycles. The van der Waals surface area contributed by atoms with Gasteiger partial charge >= 0.3 is 0 Å². The summed E-state index contributed by atoms with van der Waals surface area (Å²) in [5.74, 6) is -0.140. The molecule has 0 bridgehead atoms. The lowest BCUT2D eigenvalue weighted by Crippen LogP contribution is -2.23. The van der Waals surface area contributed by atoms with Gasteiger partial charge < -0.3 is 5.11 Å². The maximum atomic E-state index is 12.0. The Morgan fingerprint density at radius 2 is 2.14 bits per heavy atom. The van der Waals surface area contributed by atoms with Gasteiger partial charge in [0.15, 0.2) is 0 Å². The predicted octanol–water partition coefficient (Wildman–Crippen LogP) is 2.57. The average molecular weight is 295 g/mol. The van der Waals surface area contributed by atoms with Crippen molar-refractivity contribution in [3.05, 3.63) is 58.9 Å². The molecule has 5 nitrogen and oxygen atoms in total. The summed E-state index contributed by atoms with van der Waals surface area (Å²) in [5, 5.41) is 14.3. The molecule has 0 spiro atoms. The SMILES string of the molecule is Cc1ccc(O)c2c1CCC/C2=N\NC(=O)c1ccccn1. The third-order valence-electron chi connectivity index (χ3n) is 3.84. The van der Waals surface area contributed by atoms with Crippen LogP contribution in [0.4, 0.5) is 0 Å². The minimum atomic E-state index is -0.354. The molecule has 1 aromatic carbocycles. The summed E-state index contributed by atoms with van der Waals surface area (Å²) >= 11 is 0. The van der Waals surface area contributed by atoms with Gasteiger partial charge in [-0.25, -0.2) is 5.43 Å². The van der Waals surface area contributed by atoms with Crippen LogP contribution in [0.2, 0.25) is 0 Å². The highest BCUT2D eigenvalue weighted by Gasteiger charge is 2.21. The lowest BCUT2D eigenvalue weighted by molar-refractivity contribution is 0.0949. The number of hydrogen-bond acceptors (Lipinski definition) is 4. The number of benzene rings is 1. The number of pyridine rings is 1. The molecule has 0 saturated carbocycles. The number of fused-ring (bicyclic) bond motifs is 1. The summed E-state index contributed by atoms with van der Waals surface area (Å²) in [6.45, 7) is 2.02. The van der Waals surface area contributed by atoms with Gasteiger partial charge in [0.2, 0.25) is 0 Å². The summed E-state index contributed by atoms with van der Waals surface area (Å²) in [6, 6.07) is 8.71. The third-order valence-corrected chi connectivity index (χ3v) is 3.84. The molecular weight excluding hydrogens is 278 g/mol. The summed E-state index contributed by atoms with van der Waals surface area (Å²) in [5.41, 5.74) is 6.56. The molecule has 2 aromatic rings. The molecule has 1 aliphatic rings. The Hall–Kier alpha value is -2.69. The smallest absolute Gasteiger partial charge is 0.289 e. The fourth-order valence-electron chi connectivity index (χ4n) is 2.73. The van der Waals surface area contributed by atoms with Gasteiger partial charge in [-0.1, -0.05) is 12.1 Å². The number of aryl methyl sites for hydroxylation is 1. The maximum Gasteiger partial charge on any atom is 0.289 e. The topological polar surface area (TPSA) is 74.6 Å². The highest BCUT2D eigenvalue weighted by molar-refractivity contribution is 6.06. The normalized spacial score (nSPS) is 15.4. The lowest BCUT2D eigenvalue weighted by atomic mass is 9.86. The van der Waals surface area contributed by atoms with E-state index in [-0.39, 0.29) is 11.7 Å². The minimum absolute atomic E-state index is 0.214. The monoisotopic (exact) mass is 295 g/mol. The molecule has 1 aromatic heterocycles. The van der Waals surface area contributed by atoms with E-state index in [0.717, 1.165) is 36.0 Å². The van der Waals surface area contributed by atoms with Crippen LogP contribution in [0.3, 0.4) is 0 Å². The van der Waals surface area contributed by atoms with Gasteiger partial charge in [-0.15, -0.1) is 0 Å². The zero-order valence-electron chi connectivity index (χ0n) is 12.3. The van der Waals surface area contributed by atoms with Crippen LogP contribution < -0.4 is 5.43 Å². The van der Waals surface area contributed by atoms with E-state index >= 15 is 0 Å². The molecule has 1 aliphatic carbocycles. The number of rotatable bonds is 2. The van der Waals surface area contributed by atoms with E-state index in [1.165, 1.54) is 0 Å². The van der Waals surface area contributed by atoms with Gasteiger partial charge in [0.25, 0.3) is 5.91 Å². The molecule has 3 rings (SSSR count). The number of amides is 1. The first kappa shape index (κ1) is 14.3. The van der Waals surface area contributed by atoms with Crippen molar-refractivity contribution in [2.75, 3.05) is 0 Å². The highest BCUT2D eigenvalue weighted by Crippen LogP contribution is 2.31. The number of phenolic OH excluding ortho intramolecular Hbond substituents is 1. The number of aromatic nitrogens is 1. The van der Waals surface area contributed by atoms with Gasteiger partial charge in [-0.3, -0.25) is 9.78 Å². The Morgan fingerprint density at radius 3 is 2.91 bits per heavy atom. The fourth-order valence-corrected chi connectivity index (χ4v) is 2.73. The molecule has 1 heterocycles. The molecule has 0 fully saturated rings. The van der Waals surface area contributed by atoms with Crippen LogP contribution in [0.5, 0.6) is 5.75 Å². The van der Waals surface area contributed by atoms with E-state index in [4.69, 9.17) is 0 Å². The molecule has 2 N–H and O–H groups in total. The molecule has 5 heteroatoms. The number of nitrogens with one attached hydrogen (secondary N) is 1. The van der Waals surface area contributed by atoms with Gasteiger partial charge in [0.1, 0.15) is 11.4 Å². The van der Waals surface area contributed by atoms with Crippen molar-refractivity contribution in [1.82, 2.24) is 10.4 Å². The van der Waals surface area contributed by atoms with Gasteiger partial charge in [-0.05, 0) is 55.5 Å². The Balaban J connectivity index is 1.88. The Bertz CT molecular complexity index is 739. The summed E-state index contributed by atoms with van der Waals surface area (Å²) in [4.78, 5) is 16.0. The lowest BCUT2D eigenvalue weighted by Gasteiger charge is -2.20. The van der Waals surface area contributed by atoms with E-state index < -0.39 is 0 Å². The molecule has 0 saturated heterocycles. The fraction of sp³-hybridized carbons (Fsp3) is 0.235. The second-order valence-corrected chi connectivity index (χ2v) is 5.32. The number of aromatic hydroxyl groups is 1. The van der Waals surface area contributed by atoms with Crippen LogP contribution in [0.1, 0.15) is 40.0 Å². The molecule has 0 unspecified atom stereocenters. The third kappa shape index (κ3) is 2.70. The number of hydrazone groups is 1. The zero-order chi connectivity index (χ0) is 15.5. The predicted molar refractivity (Wildman–Crippen MR) is 84.0 cm³/mol. The largest absolute Gasteiger partial charge is 0.507 e. The van der Waals surface area contributed by atoms with Crippen molar-refractivity contribution in [3.8, 4) is 5.75 Å². The Labute approximate surface area is 128 Å². The number of hydrogen-bond donors (Lipinski definition) is 2. The Kier molecular flexibility index (Phi) is 3.87. The number of carbonyl (C=O) groups excluding carboxylic acids is 1. The maximum absolute atomic E-state index is 12.0. The molecule has 0 atom stereocenters. The van der Waals surface area contributed by atoms with Crippen molar-refractivity contribution in [2.24, 2.45) is 5.10 Å². The van der Waals surface area contributed by atoms with Crippen LogP contribution in [-0.2, 0) is 6.42 Å². The Morgan fingerprint density at radius 1 is 1.27 bits per heavy atom. The molecule has 22 heavy (non-hydrogen) atoms. The first-order valence-corrected chi connectivity index (χ1v) is 7.26. The van der Waals surface area contributed by atoms with Gasteiger partial charge in [0.05, 0.1) is 5.71 Å². The zero-order valence-corrected chi connectivity index (χ0v) is 12.3. The molecule has 0 radical (unpaired) electrons. The van der Waals surface area contributed by atoms with Gasteiger partial charge in [0, 0.05) is 11.8 Å². The van der Waals surface area contributed by atoms with Crippen LogP contribution in [0.25, 0.3) is 0 Å². The van der Waals surface area contributed by atoms with E-state index in [2.05, 4.69) is 15.5 Å². The molecular formula is C17H17N3O2. The van der Waals surface area contributed by atoms with Crippen molar-refractivity contribution >= 4 is 11.6 Å². The summed E-state index contributed by atoms with van der Waals surface area (Å²) < 4.78 is 0. The number of nitrogens with zero attached hydrogens (tertiary/aromatic N) is 2. The summed E-state index contributed by atoms with van der Waals surface area (Å²) in [6.07, 6.45) is 4.16. The quantitative estimate of drug-likeness (QED) is 0.836. The summed E-state index contributed by atoms with van der Waals surface area (Å²) in [7, 11) is 0. The average Bonchev–Trinajstić information content (AvgIpc) is 2.56. The van der Waals surface area contributed by atoms with Crippen molar-refractivity contribution in [2.45, 2.75) is 26.2 Å². The van der Waals surface area contributed by atoms with Crippen molar-refractivity contribution in [3.63, 3.8) is 0 Å². The first-order chi connectivity index (χ1) is 10.7. The highest BCUT2D eigenvalue weighted by atomic mass is 16.3. The second kappa shape index (κ2) is 5.97. The van der Waals surface area contributed by atoms with E-state index in [9.17, 15) is 9.90 Å². The van der Waals surface area contributed by atoms with Gasteiger partial charge in [-0.2, -0.15) is 5.10 Å². The van der Waals surface area contributed by atoms with Crippen LogP contribution in [0, 0.1) is 6.92 Å². The minimum Gasteiger partial charge on any atom is -0.507 e. The number of phenols is 1. The molecule has 1 amide bonds. The molecule has 112 valence electrons. The first-order valence-electron chi connectivity index (χ1n) is 7.26. The second-order valence-electron chi connectivity index (χ2n) is 5.32. The number of carbonyl (C=O) groups is 1. The van der Waals surface area contributed by atoms with E-state index in [1.807, 2.05) is 13.0 Å².